The van der Waals surface area contributed by atoms with Gasteiger partial charge >= 0.3 is 0 Å². The maximum Gasteiger partial charge on any atom is 0.0407 e. The predicted molar refractivity (Wildman–Crippen MR) is 87.7 cm³/mol. The monoisotopic (exact) mass is 301 g/mol. The van der Waals surface area contributed by atoms with E-state index < -0.39 is 0 Å². The van der Waals surface area contributed by atoms with Crippen molar-refractivity contribution in [1.82, 2.24) is 10.3 Å². The molecule has 1 aliphatic heterocycles. The molecule has 0 bridgehead atoms. The standard InChI is InChI=1S/C17H20ClN3/c18-16-1-3-17(4-2-16)21-10-7-15(13-21)12-20-11-14-5-8-19-9-6-14/h1-6,8-9,15,20H,7,10-13H2. The average molecular weight is 302 g/mol. The fourth-order valence-electron chi connectivity index (χ4n) is 2.81. The van der Waals surface area contributed by atoms with Crippen LogP contribution in [-0.2, 0) is 6.54 Å². The van der Waals surface area contributed by atoms with Crippen LogP contribution in [-0.4, -0.2) is 24.6 Å². The Labute approximate surface area is 131 Å². The van der Waals surface area contributed by atoms with Crippen LogP contribution in [0.3, 0.4) is 0 Å². The zero-order valence-electron chi connectivity index (χ0n) is 12.0. The van der Waals surface area contributed by atoms with Crippen molar-refractivity contribution in [2.45, 2.75) is 13.0 Å². The zero-order chi connectivity index (χ0) is 14.5. The van der Waals surface area contributed by atoms with Gasteiger partial charge in [-0.15, -0.1) is 0 Å². The Morgan fingerprint density at radius 3 is 2.67 bits per heavy atom. The van der Waals surface area contributed by atoms with Gasteiger partial charge in [-0.3, -0.25) is 4.98 Å². The van der Waals surface area contributed by atoms with Crippen LogP contribution in [0.5, 0.6) is 0 Å². The Hall–Kier alpha value is -1.58. The Balaban J connectivity index is 1.45. The van der Waals surface area contributed by atoms with Gasteiger partial charge in [-0.05, 0) is 54.3 Å². The van der Waals surface area contributed by atoms with Crippen LogP contribution in [0.2, 0.25) is 5.02 Å². The lowest BCUT2D eigenvalue weighted by molar-refractivity contribution is 0.516. The third-order valence-electron chi connectivity index (χ3n) is 3.99. The highest BCUT2D eigenvalue weighted by Crippen LogP contribution is 2.24. The number of nitrogens with one attached hydrogen (secondary N) is 1. The molecule has 3 nitrogen and oxygen atoms in total. The number of benzene rings is 1. The summed E-state index contributed by atoms with van der Waals surface area (Å²) in [4.78, 5) is 6.48. The molecule has 1 aliphatic rings. The maximum absolute atomic E-state index is 5.94. The van der Waals surface area contributed by atoms with E-state index in [2.05, 4.69) is 39.5 Å². The van der Waals surface area contributed by atoms with Gasteiger partial charge in [0, 0.05) is 49.3 Å². The quantitative estimate of drug-likeness (QED) is 0.918. The fourth-order valence-corrected chi connectivity index (χ4v) is 2.93. The van der Waals surface area contributed by atoms with E-state index in [-0.39, 0.29) is 0 Å². The number of pyridine rings is 1. The van der Waals surface area contributed by atoms with Gasteiger partial charge in [-0.2, -0.15) is 0 Å². The van der Waals surface area contributed by atoms with Gasteiger partial charge in [-0.1, -0.05) is 11.6 Å². The van der Waals surface area contributed by atoms with Crippen LogP contribution in [0.25, 0.3) is 0 Å². The molecule has 1 saturated heterocycles. The molecule has 1 N–H and O–H groups in total. The van der Waals surface area contributed by atoms with Crippen molar-refractivity contribution in [1.29, 1.82) is 0 Å². The van der Waals surface area contributed by atoms with Crippen LogP contribution < -0.4 is 10.2 Å². The summed E-state index contributed by atoms with van der Waals surface area (Å²) in [6, 6.07) is 12.3. The Bertz CT molecular complexity index is 556. The van der Waals surface area contributed by atoms with Gasteiger partial charge in [0.05, 0.1) is 0 Å². The average Bonchev–Trinajstić information content (AvgIpc) is 2.98. The van der Waals surface area contributed by atoms with Gasteiger partial charge < -0.3 is 10.2 Å². The Morgan fingerprint density at radius 1 is 1.14 bits per heavy atom. The third kappa shape index (κ3) is 3.96. The molecule has 110 valence electrons. The molecule has 1 aromatic heterocycles. The van der Waals surface area contributed by atoms with E-state index in [9.17, 15) is 0 Å². The first-order valence-corrected chi connectivity index (χ1v) is 7.79. The van der Waals surface area contributed by atoms with E-state index in [0.29, 0.717) is 5.92 Å². The largest absolute Gasteiger partial charge is 0.371 e. The minimum Gasteiger partial charge on any atom is -0.371 e. The molecule has 1 aromatic carbocycles. The molecule has 0 spiro atoms. The van der Waals surface area contributed by atoms with Gasteiger partial charge in [0.25, 0.3) is 0 Å². The van der Waals surface area contributed by atoms with Crippen LogP contribution >= 0.6 is 11.6 Å². The summed E-state index contributed by atoms with van der Waals surface area (Å²) in [5.74, 6) is 0.711. The first-order chi connectivity index (χ1) is 10.3. The van der Waals surface area contributed by atoms with Crippen molar-refractivity contribution in [2.24, 2.45) is 5.92 Å². The number of rotatable bonds is 5. The minimum absolute atomic E-state index is 0.711. The molecule has 1 atom stereocenters. The molecule has 2 heterocycles. The molecule has 0 saturated carbocycles. The molecule has 0 aliphatic carbocycles. The summed E-state index contributed by atoms with van der Waals surface area (Å²) in [5.41, 5.74) is 2.56. The smallest absolute Gasteiger partial charge is 0.0407 e. The Kier molecular flexibility index (Phi) is 4.73. The SMILES string of the molecule is Clc1ccc(N2CCC(CNCc3ccncc3)C2)cc1. The van der Waals surface area contributed by atoms with E-state index in [1.807, 2.05) is 24.5 Å². The minimum atomic E-state index is 0.711. The first-order valence-electron chi connectivity index (χ1n) is 7.41. The highest BCUT2D eigenvalue weighted by Gasteiger charge is 2.22. The van der Waals surface area contributed by atoms with Crippen molar-refractivity contribution >= 4 is 17.3 Å². The van der Waals surface area contributed by atoms with Crippen molar-refractivity contribution in [3.05, 3.63) is 59.4 Å². The number of anilines is 1. The summed E-state index contributed by atoms with van der Waals surface area (Å²) in [6.07, 6.45) is 4.93. The topological polar surface area (TPSA) is 28.2 Å². The van der Waals surface area contributed by atoms with Crippen molar-refractivity contribution in [2.75, 3.05) is 24.5 Å². The fraction of sp³-hybridized carbons (Fsp3) is 0.353. The maximum atomic E-state index is 5.94. The second kappa shape index (κ2) is 6.92. The van der Waals surface area contributed by atoms with Gasteiger partial charge in [0.15, 0.2) is 0 Å². The van der Waals surface area contributed by atoms with Crippen molar-refractivity contribution in [3.8, 4) is 0 Å². The summed E-state index contributed by atoms with van der Waals surface area (Å²) >= 11 is 5.94. The van der Waals surface area contributed by atoms with E-state index in [4.69, 9.17) is 11.6 Å². The number of aromatic nitrogens is 1. The van der Waals surface area contributed by atoms with E-state index >= 15 is 0 Å². The molecule has 4 heteroatoms. The molecule has 1 unspecified atom stereocenters. The molecule has 1 fully saturated rings. The third-order valence-corrected chi connectivity index (χ3v) is 4.24. The molecule has 3 rings (SSSR count). The molecular weight excluding hydrogens is 282 g/mol. The lowest BCUT2D eigenvalue weighted by Gasteiger charge is -2.19. The number of hydrogen-bond donors (Lipinski definition) is 1. The normalized spacial score (nSPS) is 18.1. The summed E-state index contributed by atoms with van der Waals surface area (Å²) < 4.78 is 0. The first kappa shape index (κ1) is 14.4. The number of hydrogen-bond acceptors (Lipinski definition) is 3. The Morgan fingerprint density at radius 2 is 1.90 bits per heavy atom. The second-order valence-electron chi connectivity index (χ2n) is 5.56. The van der Waals surface area contributed by atoms with E-state index in [1.165, 1.54) is 17.7 Å². The summed E-state index contributed by atoms with van der Waals surface area (Å²) in [5, 5.41) is 4.35. The number of halogens is 1. The van der Waals surface area contributed by atoms with Crippen LogP contribution in [0, 0.1) is 5.92 Å². The van der Waals surface area contributed by atoms with E-state index in [1.54, 1.807) is 0 Å². The lowest BCUT2D eigenvalue weighted by Crippen LogP contribution is -2.26. The molecule has 0 radical (unpaired) electrons. The van der Waals surface area contributed by atoms with Crippen LogP contribution in [0.15, 0.2) is 48.8 Å². The molecule has 2 aromatic rings. The van der Waals surface area contributed by atoms with E-state index in [0.717, 1.165) is 31.2 Å². The van der Waals surface area contributed by atoms with Gasteiger partial charge in [0.2, 0.25) is 0 Å². The summed E-state index contributed by atoms with van der Waals surface area (Å²) in [7, 11) is 0. The molecule has 21 heavy (non-hydrogen) atoms. The molecule has 0 amide bonds. The predicted octanol–water partition coefficient (Wildman–Crippen LogP) is 3.35. The molecular formula is C17H20ClN3. The summed E-state index contributed by atoms with van der Waals surface area (Å²) in [6.45, 7) is 4.22. The second-order valence-corrected chi connectivity index (χ2v) is 6.00. The highest BCUT2D eigenvalue weighted by atomic mass is 35.5. The van der Waals surface area contributed by atoms with Crippen molar-refractivity contribution in [3.63, 3.8) is 0 Å². The number of nitrogens with zero attached hydrogens (tertiary/aromatic N) is 2. The van der Waals surface area contributed by atoms with Gasteiger partial charge in [0.1, 0.15) is 0 Å². The van der Waals surface area contributed by atoms with Gasteiger partial charge in [-0.25, -0.2) is 0 Å². The van der Waals surface area contributed by atoms with Crippen molar-refractivity contribution < 1.29 is 0 Å². The lowest BCUT2D eigenvalue weighted by atomic mass is 10.1. The van der Waals surface area contributed by atoms with Crippen LogP contribution in [0.1, 0.15) is 12.0 Å². The highest BCUT2D eigenvalue weighted by molar-refractivity contribution is 6.30. The van der Waals surface area contributed by atoms with Crippen LogP contribution in [0.4, 0.5) is 5.69 Å². The zero-order valence-corrected chi connectivity index (χ0v) is 12.8.